The van der Waals surface area contributed by atoms with Gasteiger partial charge in [-0.2, -0.15) is 15.3 Å². The second kappa shape index (κ2) is 9.39. The Bertz CT molecular complexity index is 1250. The Morgan fingerprint density at radius 3 is 2.25 bits per heavy atom. The zero-order valence-corrected chi connectivity index (χ0v) is 16.7. The molecule has 0 aliphatic heterocycles. The van der Waals surface area contributed by atoms with Crippen LogP contribution in [0.3, 0.4) is 0 Å². The van der Waals surface area contributed by atoms with Crippen molar-refractivity contribution in [3.8, 4) is 11.4 Å². The van der Waals surface area contributed by atoms with Crippen molar-refractivity contribution in [2.75, 3.05) is 5.32 Å². The molecule has 1 amide bonds. The molecule has 3 aromatic carbocycles. The number of rotatable bonds is 7. The lowest BCUT2D eigenvalue weighted by molar-refractivity contribution is -0.384. The number of non-ortho nitro benzene ring substituents is 1. The molecule has 0 bridgehead atoms. The van der Waals surface area contributed by atoms with Crippen LogP contribution in [0.5, 0.6) is 0 Å². The van der Waals surface area contributed by atoms with Gasteiger partial charge in [0.05, 0.1) is 16.3 Å². The summed E-state index contributed by atoms with van der Waals surface area (Å²) in [5, 5.41) is 26.1. The zero-order chi connectivity index (χ0) is 22.3. The number of nitro benzene ring substituents is 1. The first-order valence-corrected chi connectivity index (χ1v) is 9.58. The van der Waals surface area contributed by atoms with E-state index >= 15 is 0 Å². The van der Waals surface area contributed by atoms with Crippen molar-refractivity contribution >= 4 is 28.7 Å². The summed E-state index contributed by atoms with van der Waals surface area (Å²) in [6.07, 6.45) is 1.43. The lowest BCUT2D eigenvalue weighted by Crippen LogP contribution is -2.19. The maximum Gasteiger partial charge on any atom is 0.269 e. The van der Waals surface area contributed by atoms with Gasteiger partial charge in [0.25, 0.3) is 5.69 Å². The maximum absolute atomic E-state index is 12.3. The first kappa shape index (κ1) is 20.5. The molecule has 1 heterocycles. The fraction of sp³-hybridized carbons (Fsp3) is 0.0455. The zero-order valence-electron chi connectivity index (χ0n) is 16.7. The Morgan fingerprint density at radius 2 is 1.59 bits per heavy atom. The van der Waals surface area contributed by atoms with Crippen molar-refractivity contribution < 1.29 is 9.72 Å². The van der Waals surface area contributed by atoms with Crippen LogP contribution in [0, 0.1) is 10.1 Å². The standard InChI is InChI=1S/C22H17N7O3/c30-21(14-28-15-23-22(27-28)16-6-12-20(13-7-16)29(31)32)24-17-8-10-19(11-9-17)26-25-18-4-2-1-3-5-18/h1-13,15H,14H2,(H,24,30). The van der Waals surface area contributed by atoms with Crippen LogP contribution < -0.4 is 5.32 Å². The topological polar surface area (TPSA) is 128 Å². The molecule has 1 N–H and O–H groups in total. The molecule has 10 heteroatoms. The Labute approximate surface area is 182 Å². The highest BCUT2D eigenvalue weighted by atomic mass is 16.6. The highest BCUT2D eigenvalue weighted by Gasteiger charge is 2.10. The minimum absolute atomic E-state index is 0.0138. The predicted molar refractivity (Wildman–Crippen MR) is 118 cm³/mol. The molecule has 0 aliphatic carbocycles. The van der Waals surface area contributed by atoms with Crippen molar-refractivity contribution in [2.24, 2.45) is 10.2 Å². The number of carbonyl (C=O) groups excluding carboxylic acids is 1. The van der Waals surface area contributed by atoms with Crippen LogP contribution in [0.4, 0.5) is 22.7 Å². The van der Waals surface area contributed by atoms with Gasteiger partial charge in [-0.25, -0.2) is 9.67 Å². The Hall–Kier alpha value is -4.73. The summed E-state index contributed by atoms with van der Waals surface area (Å²) in [6, 6.07) is 22.3. The average molecular weight is 427 g/mol. The van der Waals surface area contributed by atoms with Crippen LogP contribution in [-0.2, 0) is 11.3 Å². The van der Waals surface area contributed by atoms with E-state index in [1.54, 1.807) is 36.4 Å². The van der Waals surface area contributed by atoms with E-state index in [1.165, 1.54) is 23.1 Å². The van der Waals surface area contributed by atoms with E-state index in [1.807, 2.05) is 30.3 Å². The van der Waals surface area contributed by atoms with Crippen molar-refractivity contribution in [1.82, 2.24) is 14.8 Å². The van der Waals surface area contributed by atoms with E-state index in [0.29, 0.717) is 22.8 Å². The number of amides is 1. The van der Waals surface area contributed by atoms with Crippen molar-refractivity contribution in [3.63, 3.8) is 0 Å². The lowest BCUT2D eigenvalue weighted by atomic mass is 10.2. The molecule has 0 saturated heterocycles. The van der Waals surface area contributed by atoms with Crippen LogP contribution in [0.2, 0.25) is 0 Å². The summed E-state index contributed by atoms with van der Waals surface area (Å²) in [5.41, 5.74) is 2.64. The number of hydrogen-bond donors (Lipinski definition) is 1. The maximum atomic E-state index is 12.3. The molecule has 4 aromatic rings. The quantitative estimate of drug-likeness (QED) is 0.255. The molecule has 0 fully saturated rings. The van der Waals surface area contributed by atoms with Crippen LogP contribution in [0.25, 0.3) is 11.4 Å². The van der Waals surface area contributed by atoms with Gasteiger partial charge in [-0.15, -0.1) is 0 Å². The minimum Gasteiger partial charge on any atom is -0.324 e. The van der Waals surface area contributed by atoms with Gasteiger partial charge in [0.1, 0.15) is 12.9 Å². The van der Waals surface area contributed by atoms with Crippen LogP contribution in [0.1, 0.15) is 0 Å². The first-order valence-electron chi connectivity index (χ1n) is 9.58. The van der Waals surface area contributed by atoms with Gasteiger partial charge in [0.2, 0.25) is 5.91 Å². The number of hydrogen-bond acceptors (Lipinski definition) is 7. The van der Waals surface area contributed by atoms with Crippen molar-refractivity contribution in [3.05, 3.63) is 95.3 Å². The summed E-state index contributed by atoms with van der Waals surface area (Å²) >= 11 is 0. The largest absolute Gasteiger partial charge is 0.324 e. The third-order valence-corrected chi connectivity index (χ3v) is 4.37. The molecule has 0 atom stereocenters. The van der Waals surface area contributed by atoms with Crippen molar-refractivity contribution in [1.29, 1.82) is 0 Å². The SMILES string of the molecule is O=C(Cn1cnc(-c2ccc([N+](=O)[O-])cc2)n1)Nc1ccc(N=Nc2ccccc2)cc1. The minimum atomic E-state index is -0.473. The Morgan fingerprint density at radius 1 is 0.938 bits per heavy atom. The van der Waals surface area contributed by atoms with E-state index in [-0.39, 0.29) is 18.1 Å². The van der Waals surface area contributed by atoms with Crippen LogP contribution in [-0.4, -0.2) is 25.6 Å². The molecule has 158 valence electrons. The number of nitrogens with zero attached hydrogens (tertiary/aromatic N) is 6. The summed E-state index contributed by atoms with van der Waals surface area (Å²) in [4.78, 5) is 26.8. The molecule has 0 radical (unpaired) electrons. The van der Waals surface area contributed by atoms with E-state index in [0.717, 1.165) is 5.69 Å². The highest BCUT2D eigenvalue weighted by molar-refractivity contribution is 5.90. The molecule has 4 rings (SSSR count). The van der Waals surface area contributed by atoms with Gasteiger partial charge in [0, 0.05) is 23.4 Å². The van der Waals surface area contributed by atoms with E-state index in [4.69, 9.17) is 0 Å². The van der Waals surface area contributed by atoms with Gasteiger partial charge in [-0.1, -0.05) is 18.2 Å². The number of nitrogens with one attached hydrogen (secondary N) is 1. The number of azo groups is 1. The highest BCUT2D eigenvalue weighted by Crippen LogP contribution is 2.21. The second-order valence-electron chi connectivity index (χ2n) is 6.70. The molecular weight excluding hydrogens is 410 g/mol. The fourth-order valence-electron chi connectivity index (χ4n) is 2.80. The molecule has 32 heavy (non-hydrogen) atoms. The average Bonchev–Trinajstić information content (AvgIpc) is 3.27. The normalized spacial score (nSPS) is 10.9. The molecular formula is C22H17N7O3. The van der Waals surface area contributed by atoms with Gasteiger partial charge >= 0.3 is 0 Å². The summed E-state index contributed by atoms with van der Waals surface area (Å²) in [5.74, 6) is 0.102. The van der Waals surface area contributed by atoms with Crippen molar-refractivity contribution in [2.45, 2.75) is 6.54 Å². The molecule has 0 spiro atoms. The third-order valence-electron chi connectivity index (χ3n) is 4.37. The Kier molecular flexibility index (Phi) is 6.03. The van der Waals surface area contributed by atoms with Gasteiger partial charge < -0.3 is 5.32 Å². The number of aromatic nitrogens is 3. The molecule has 10 nitrogen and oxygen atoms in total. The molecule has 1 aromatic heterocycles. The first-order chi connectivity index (χ1) is 15.6. The summed E-state index contributed by atoms with van der Waals surface area (Å²) in [7, 11) is 0. The van der Waals surface area contributed by atoms with Gasteiger partial charge in [0.15, 0.2) is 5.82 Å². The molecule has 0 saturated carbocycles. The number of carbonyl (C=O) groups is 1. The molecule has 0 unspecified atom stereocenters. The van der Waals surface area contributed by atoms with Crippen LogP contribution in [0.15, 0.2) is 95.4 Å². The van der Waals surface area contributed by atoms with E-state index in [2.05, 4.69) is 25.6 Å². The van der Waals surface area contributed by atoms with Crippen LogP contribution >= 0.6 is 0 Å². The van der Waals surface area contributed by atoms with E-state index in [9.17, 15) is 14.9 Å². The predicted octanol–water partition coefficient (Wildman–Crippen LogP) is 4.91. The van der Waals surface area contributed by atoms with E-state index < -0.39 is 4.92 Å². The Balaban J connectivity index is 1.34. The molecule has 0 aliphatic rings. The fourth-order valence-corrected chi connectivity index (χ4v) is 2.80. The smallest absolute Gasteiger partial charge is 0.269 e. The monoisotopic (exact) mass is 427 g/mol. The van der Waals surface area contributed by atoms with Gasteiger partial charge in [-0.3, -0.25) is 14.9 Å². The van der Waals surface area contributed by atoms with Gasteiger partial charge in [-0.05, 0) is 48.5 Å². The number of nitro groups is 1. The third kappa shape index (κ3) is 5.25. The number of benzene rings is 3. The number of anilines is 1. The summed E-state index contributed by atoms with van der Waals surface area (Å²) in [6.45, 7) is -0.0323. The second-order valence-corrected chi connectivity index (χ2v) is 6.70. The summed E-state index contributed by atoms with van der Waals surface area (Å²) < 4.78 is 1.40. The lowest BCUT2D eigenvalue weighted by Gasteiger charge is -2.05.